The summed E-state index contributed by atoms with van der Waals surface area (Å²) in [7, 11) is 3.45. The Bertz CT molecular complexity index is 460. The van der Waals surface area contributed by atoms with Crippen molar-refractivity contribution in [3.8, 4) is 6.07 Å². The van der Waals surface area contributed by atoms with Gasteiger partial charge in [-0.25, -0.2) is 0 Å². The van der Waals surface area contributed by atoms with Gasteiger partial charge in [-0.2, -0.15) is 5.26 Å². The molecule has 1 rings (SSSR count). The van der Waals surface area contributed by atoms with Crippen LogP contribution in [0.15, 0.2) is 18.2 Å². The van der Waals surface area contributed by atoms with Crippen LogP contribution in [0, 0.1) is 18.3 Å². The summed E-state index contributed by atoms with van der Waals surface area (Å²) in [6.07, 6.45) is 0. The highest BCUT2D eigenvalue weighted by atomic mass is 16.2. The Morgan fingerprint density at radius 3 is 2.59 bits per heavy atom. The Balaban J connectivity index is 2.80. The molecule has 1 atom stereocenters. The summed E-state index contributed by atoms with van der Waals surface area (Å²) in [5.41, 5.74) is 2.41. The van der Waals surface area contributed by atoms with Gasteiger partial charge in [0.15, 0.2) is 0 Å². The maximum atomic E-state index is 11.7. The predicted octanol–water partition coefficient (Wildman–Crippen LogP) is 1.76. The molecule has 0 aliphatic heterocycles. The van der Waals surface area contributed by atoms with Crippen LogP contribution in [0.1, 0.15) is 18.1 Å². The van der Waals surface area contributed by atoms with Gasteiger partial charge in [-0.1, -0.05) is 0 Å². The molecule has 1 aromatic rings. The molecule has 0 aliphatic carbocycles. The van der Waals surface area contributed by atoms with Crippen molar-refractivity contribution in [1.82, 2.24) is 4.90 Å². The summed E-state index contributed by atoms with van der Waals surface area (Å²) in [6, 6.07) is 7.27. The molecular formula is C13H17N3O. The van der Waals surface area contributed by atoms with E-state index in [4.69, 9.17) is 5.26 Å². The lowest BCUT2D eigenvalue weighted by Gasteiger charge is -2.19. The number of amides is 1. The van der Waals surface area contributed by atoms with E-state index in [1.165, 1.54) is 0 Å². The van der Waals surface area contributed by atoms with E-state index in [9.17, 15) is 4.79 Å². The SMILES string of the molecule is Cc1cc(NC(C)C(=O)N(C)C)ccc1C#N. The molecule has 0 aliphatic rings. The van der Waals surface area contributed by atoms with Crippen molar-refractivity contribution < 1.29 is 4.79 Å². The highest BCUT2D eigenvalue weighted by molar-refractivity contribution is 5.83. The number of benzene rings is 1. The molecule has 1 amide bonds. The molecule has 0 radical (unpaired) electrons. The Morgan fingerprint density at radius 1 is 1.47 bits per heavy atom. The highest BCUT2D eigenvalue weighted by Gasteiger charge is 2.14. The fourth-order valence-corrected chi connectivity index (χ4v) is 1.58. The Labute approximate surface area is 102 Å². The molecule has 0 spiro atoms. The Kier molecular flexibility index (Phi) is 4.11. The fraction of sp³-hybridized carbons (Fsp3) is 0.385. The summed E-state index contributed by atoms with van der Waals surface area (Å²) in [5.74, 6) is 0.0204. The number of hydrogen-bond donors (Lipinski definition) is 1. The van der Waals surface area contributed by atoms with E-state index in [1.807, 2.05) is 26.0 Å². The molecule has 1 aromatic carbocycles. The minimum atomic E-state index is -0.280. The smallest absolute Gasteiger partial charge is 0.244 e. The number of nitrogens with one attached hydrogen (secondary N) is 1. The summed E-state index contributed by atoms with van der Waals surface area (Å²) in [4.78, 5) is 13.2. The van der Waals surface area contributed by atoms with Gasteiger partial charge < -0.3 is 10.2 Å². The first-order valence-electron chi connectivity index (χ1n) is 5.44. The molecule has 4 nitrogen and oxygen atoms in total. The number of aryl methyl sites for hydroxylation is 1. The third-order valence-electron chi connectivity index (χ3n) is 2.54. The maximum Gasteiger partial charge on any atom is 0.244 e. The van der Waals surface area contributed by atoms with Crippen LogP contribution in [-0.4, -0.2) is 30.9 Å². The Hall–Kier alpha value is -2.02. The number of carbonyl (C=O) groups excluding carboxylic acids is 1. The van der Waals surface area contributed by atoms with Crippen molar-refractivity contribution in [2.45, 2.75) is 19.9 Å². The molecule has 0 fully saturated rings. The lowest BCUT2D eigenvalue weighted by atomic mass is 10.1. The first-order chi connectivity index (χ1) is 7.95. The van der Waals surface area contributed by atoms with Crippen molar-refractivity contribution in [2.24, 2.45) is 0 Å². The van der Waals surface area contributed by atoms with Gasteiger partial charge in [-0.15, -0.1) is 0 Å². The van der Waals surface area contributed by atoms with Gasteiger partial charge in [0.25, 0.3) is 0 Å². The second kappa shape index (κ2) is 5.35. The average Bonchev–Trinajstić information content (AvgIpc) is 2.28. The third kappa shape index (κ3) is 3.22. The molecule has 0 aromatic heterocycles. The number of rotatable bonds is 3. The van der Waals surface area contributed by atoms with Crippen LogP contribution in [-0.2, 0) is 4.79 Å². The van der Waals surface area contributed by atoms with Gasteiger partial charge in [0, 0.05) is 19.8 Å². The van der Waals surface area contributed by atoms with Crippen LogP contribution in [0.2, 0.25) is 0 Å². The second-order valence-corrected chi connectivity index (χ2v) is 4.24. The first-order valence-corrected chi connectivity index (χ1v) is 5.44. The topological polar surface area (TPSA) is 56.1 Å². The third-order valence-corrected chi connectivity index (χ3v) is 2.54. The van der Waals surface area contributed by atoms with Crippen molar-refractivity contribution >= 4 is 11.6 Å². The van der Waals surface area contributed by atoms with Gasteiger partial charge in [0.2, 0.25) is 5.91 Å². The normalized spacial score (nSPS) is 11.5. The number of anilines is 1. The first kappa shape index (κ1) is 13.0. The molecule has 0 saturated heterocycles. The Morgan fingerprint density at radius 2 is 2.12 bits per heavy atom. The number of likely N-dealkylation sites (N-methyl/N-ethyl adjacent to an activating group) is 1. The fourth-order valence-electron chi connectivity index (χ4n) is 1.58. The number of nitriles is 1. The van der Waals surface area contributed by atoms with Gasteiger partial charge in [-0.3, -0.25) is 4.79 Å². The quantitative estimate of drug-likeness (QED) is 0.862. The van der Waals surface area contributed by atoms with E-state index < -0.39 is 0 Å². The van der Waals surface area contributed by atoms with E-state index in [2.05, 4.69) is 11.4 Å². The lowest BCUT2D eigenvalue weighted by Crippen LogP contribution is -2.36. The van der Waals surface area contributed by atoms with E-state index >= 15 is 0 Å². The summed E-state index contributed by atoms with van der Waals surface area (Å²) < 4.78 is 0. The van der Waals surface area contributed by atoms with Crippen LogP contribution in [0.25, 0.3) is 0 Å². The van der Waals surface area contributed by atoms with E-state index in [0.717, 1.165) is 11.3 Å². The van der Waals surface area contributed by atoms with Crippen LogP contribution >= 0.6 is 0 Å². The lowest BCUT2D eigenvalue weighted by molar-refractivity contribution is -0.129. The number of carbonyl (C=O) groups is 1. The summed E-state index contributed by atoms with van der Waals surface area (Å²) in [5, 5.41) is 11.9. The van der Waals surface area contributed by atoms with Gasteiger partial charge in [0.05, 0.1) is 11.6 Å². The van der Waals surface area contributed by atoms with Gasteiger partial charge >= 0.3 is 0 Å². The predicted molar refractivity (Wildman–Crippen MR) is 67.7 cm³/mol. The van der Waals surface area contributed by atoms with Crippen LogP contribution in [0.5, 0.6) is 0 Å². The zero-order valence-electron chi connectivity index (χ0n) is 10.6. The molecule has 0 heterocycles. The molecule has 90 valence electrons. The monoisotopic (exact) mass is 231 g/mol. The largest absolute Gasteiger partial charge is 0.374 e. The van der Waals surface area contributed by atoms with E-state index in [0.29, 0.717) is 5.56 Å². The van der Waals surface area contributed by atoms with E-state index in [1.54, 1.807) is 25.1 Å². The van der Waals surface area contributed by atoms with Crippen LogP contribution in [0.4, 0.5) is 5.69 Å². The summed E-state index contributed by atoms with van der Waals surface area (Å²) in [6.45, 7) is 3.69. The molecule has 1 unspecified atom stereocenters. The molecule has 17 heavy (non-hydrogen) atoms. The molecular weight excluding hydrogens is 214 g/mol. The van der Waals surface area contributed by atoms with Crippen molar-refractivity contribution in [2.75, 3.05) is 19.4 Å². The highest BCUT2D eigenvalue weighted by Crippen LogP contribution is 2.15. The van der Waals surface area contributed by atoms with Crippen molar-refractivity contribution in [3.63, 3.8) is 0 Å². The van der Waals surface area contributed by atoms with Gasteiger partial charge in [-0.05, 0) is 37.6 Å². The second-order valence-electron chi connectivity index (χ2n) is 4.24. The minimum Gasteiger partial charge on any atom is -0.374 e. The standard InChI is InChI=1S/C13H17N3O/c1-9-7-12(6-5-11(9)8-14)15-10(2)13(17)16(3)4/h5-7,10,15H,1-4H3. The zero-order chi connectivity index (χ0) is 13.0. The molecule has 1 N–H and O–H groups in total. The van der Waals surface area contributed by atoms with E-state index in [-0.39, 0.29) is 11.9 Å². The maximum absolute atomic E-state index is 11.7. The van der Waals surface area contributed by atoms with Crippen LogP contribution in [0.3, 0.4) is 0 Å². The van der Waals surface area contributed by atoms with Crippen molar-refractivity contribution in [3.05, 3.63) is 29.3 Å². The summed E-state index contributed by atoms with van der Waals surface area (Å²) >= 11 is 0. The van der Waals surface area contributed by atoms with Crippen molar-refractivity contribution in [1.29, 1.82) is 5.26 Å². The van der Waals surface area contributed by atoms with Crippen LogP contribution < -0.4 is 5.32 Å². The molecule has 0 saturated carbocycles. The molecule has 4 heteroatoms. The zero-order valence-corrected chi connectivity index (χ0v) is 10.6. The number of nitrogens with zero attached hydrogens (tertiary/aromatic N) is 2. The number of hydrogen-bond acceptors (Lipinski definition) is 3. The van der Waals surface area contributed by atoms with Gasteiger partial charge in [0.1, 0.15) is 6.04 Å². The average molecular weight is 231 g/mol. The minimum absolute atomic E-state index is 0.0204. The molecule has 0 bridgehead atoms.